The van der Waals surface area contributed by atoms with Gasteiger partial charge in [0.05, 0.1) is 13.4 Å². The number of furan rings is 1. The van der Waals surface area contributed by atoms with E-state index in [4.69, 9.17) is 20.8 Å². The summed E-state index contributed by atoms with van der Waals surface area (Å²) in [5, 5.41) is 4.02. The van der Waals surface area contributed by atoms with Crippen molar-refractivity contribution in [3.8, 4) is 5.75 Å². The van der Waals surface area contributed by atoms with E-state index in [9.17, 15) is 0 Å². The number of aryl methyl sites for hydroxylation is 1. The molecule has 1 atom stereocenters. The Labute approximate surface area is 118 Å². The standard InChI is InChI=1S/C15H18ClNO2/c1-10-13(6-7-19-10)14(17-2)9-11-8-12(16)4-5-15(11)18-3/h4-8,14,17H,9H2,1-3H3. The van der Waals surface area contributed by atoms with Crippen molar-refractivity contribution in [2.75, 3.05) is 14.2 Å². The predicted molar refractivity (Wildman–Crippen MR) is 77.0 cm³/mol. The highest BCUT2D eigenvalue weighted by atomic mass is 35.5. The Hall–Kier alpha value is -1.45. The van der Waals surface area contributed by atoms with Crippen molar-refractivity contribution < 1.29 is 9.15 Å². The summed E-state index contributed by atoms with van der Waals surface area (Å²) in [6, 6.07) is 7.84. The SMILES string of the molecule is CNC(Cc1cc(Cl)ccc1OC)c1ccoc1C. The van der Waals surface area contributed by atoms with Gasteiger partial charge in [-0.3, -0.25) is 0 Å². The van der Waals surface area contributed by atoms with E-state index in [1.807, 2.05) is 38.2 Å². The molecule has 2 rings (SSSR count). The molecule has 19 heavy (non-hydrogen) atoms. The lowest BCUT2D eigenvalue weighted by Gasteiger charge is -2.17. The molecule has 0 radical (unpaired) electrons. The Kier molecular flexibility index (Phi) is 4.51. The second kappa shape index (κ2) is 6.13. The summed E-state index contributed by atoms with van der Waals surface area (Å²) in [6.45, 7) is 1.97. The van der Waals surface area contributed by atoms with Gasteiger partial charge in [0.2, 0.25) is 0 Å². The Balaban J connectivity index is 2.28. The second-order valence-corrected chi connectivity index (χ2v) is 4.87. The maximum Gasteiger partial charge on any atom is 0.122 e. The highest BCUT2D eigenvalue weighted by Gasteiger charge is 2.17. The average Bonchev–Trinajstić information content (AvgIpc) is 2.82. The first-order valence-electron chi connectivity index (χ1n) is 6.19. The number of ether oxygens (including phenoxy) is 1. The van der Waals surface area contributed by atoms with Gasteiger partial charge in [0, 0.05) is 16.6 Å². The van der Waals surface area contributed by atoms with Gasteiger partial charge in [-0.15, -0.1) is 0 Å². The molecule has 0 saturated carbocycles. The zero-order valence-electron chi connectivity index (χ0n) is 11.4. The van der Waals surface area contributed by atoms with Crippen LogP contribution in [0.5, 0.6) is 5.75 Å². The molecule has 3 nitrogen and oxygen atoms in total. The molecule has 0 fully saturated rings. The van der Waals surface area contributed by atoms with E-state index in [0.717, 1.165) is 34.1 Å². The normalized spacial score (nSPS) is 12.4. The quantitative estimate of drug-likeness (QED) is 0.905. The number of hydrogen-bond acceptors (Lipinski definition) is 3. The van der Waals surface area contributed by atoms with E-state index in [0.29, 0.717) is 0 Å². The fourth-order valence-electron chi connectivity index (χ4n) is 2.25. The third-order valence-corrected chi connectivity index (χ3v) is 3.52. The molecule has 0 aliphatic heterocycles. The van der Waals surface area contributed by atoms with Gasteiger partial charge in [0.1, 0.15) is 11.5 Å². The summed E-state index contributed by atoms with van der Waals surface area (Å²) in [5.74, 6) is 1.78. The van der Waals surface area contributed by atoms with Gasteiger partial charge in [0.15, 0.2) is 0 Å². The highest BCUT2D eigenvalue weighted by molar-refractivity contribution is 6.30. The van der Waals surface area contributed by atoms with Gasteiger partial charge in [0.25, 0.3) is 0 Å². The molecule has 0 bridgehead atoms. The van der Waals surface area contributed by atoms with Crippen LogP contribution in [0.4, 0.5) is 0 Å². The number of benzene rings is 1. The van der Waals surface area contributed by atoms with Crippen LogP contribution in [-0.4, -0.2) is 14.2 Å². The third-order valence-electron chi connectivity index (χ3n) is 3.29. The molecule has 1 aromatic carbocycles. The molecule has 0 saturated heterocycles. The van der Waals surface area contributed by atoms with Crippen LogP contribution in [0, 0.1) is 6.92 Å². The number of halogens is 1. The van der Waals surface area contributed by atoms with Crippen LogP contribution in [0.3, 0.4) is 0 Å². The summed E-state index contributed by atoms with van der Waals surface area (Å²) in [4.78, 5) is 0. The van der Waals surface area contributed by atoms with Crippen molar-refractivity contribution in [1.29, 1.82) is 0 Å². The fourth-order valence-corrected chi connectivity index (χ4v) is 2.45. The molecule has 0 amide bonds. The minimum atomic E-state index is 0.172. The van der Waals surface area contributed by atoms with Crippen LogP contribution in [-0.2, 0) is 6.42 Å². The zero-order valence-corrected chi connectivity index (χ0v) is 12.1. The van der Waals surface area contributed by atoms with E-state index in [1.165, 1.54) is 0 Å². The van der Waals surface area contributed by atoms with Crippen molar-refractivity contribution in [2.24, 2.45) is 0 Å². The largest absolute Gasteiger partial charge is 0.496 e. The molecule has 0 aliphatic rings. The summed E-state index contributed by atoms with van der Waals surface area (Å²) >= 11 is 6.06. The molecule has 0 spiro atoms. The Bertz CT molecular complexity index is 551. The van der Waals surface area contributed by atoms with E-state index < -0.39 is 0 Å². The molecule has 1 heterocycles. The minimum Gasteiger partial charge on any atom is -0.496 e. The molecule has 0 aliphatic carbocycles. The summed E-state index contributed by atoms with van der Waals surface area (Å²) in [5.41, 5.74) is 2.24. The number of rotatable bonds is 5. The maximum atomic E-state index is 6.06. The lowest BCUT2D eigenvalue weighted by atomic mass is 9.99. The van der Waals surface area contributed by atoms with Crippen molar-refractivity contribution in [3.05, 3.63) is 52.4 Å². The van der Waals surface area contributed by atoms with Crippen molar-refractivity contribution in [2.45, 2.75) is 19.4 Å². The Morgan fingerprint density at radius 2 is 2.16 bits per heavy atom. The monoisotopic (exact) mass is 279 g/mol. The summed E-state index contributed by atoms with van der Waals surface area (Å²) in [6.07, 6.45) is 2.50. The topological polar surface area (TPSA) is 34.4 Å². The van der Waals surface area contributed by atoms with Crippen LogP contribution >= 0.6 is 11.6 Å². The highest BCUT2D eigenvalue weighted by Crippen LogP contribution is 2.29. The predicted octanol–water partition coefficient (Wildman–Crippen LogP) is 3.75. The van der Waals surface area contributed by atoms with Crippen LogP contribution in [0.1, 0.15) is 22.9 Å². The molecule has 1 N–H and O–H groups in total. The fraction of sp³-hybridized carbons (Fsp3) is 0.333. The first kappa shape index (κ1) is 14.0. The first-order valence-corrected chi connectivity index (χ1v) is 6.57. The minimum absolute atomic E-state index is 0.172. The Morgan fingerprint density at radius 1 is 1.37 bits per heavy atom. The Morgan fingerprint density at radius 3 is 2.74 bits per heavy atom. The zero-order chi connectivity index (χ0) is 13.8. The van der Waals surface area contributed by atoms with Gasteiger partial charge < -0.3 is 14.5 Å². The molecular weight excluding hydrogens is 262 g/mol. The maximum absolute atomic E-state index is 6.06. The first-order chi connectivity index (χ1) is 9.15. The average molecular weight is 280 g/mol. The van der Waals surface area contributed by atoms with Crippen LogP contribution in [0.15, 0.2) is 34.9 Å². The molecular formula is C15H18ClNO2. The smallest absolute Gasteiger partial charge is 0.122 e. The van der Waals surface area contributed by atoms with Gasteiger partial charge in [-0.05, 0) is 50.2 Å². The van der Waals surface area contributed by atoms with Crippen LogP contribution in [0.25, 0.3) is 0 Å². The molecule has 2 aromatic rings. The third kappa shape index (κ3) is 3.11. The summed E-state index contributed by atoms with van der Waals surface area (Å²) in [7, 11) is 3.61. The van der Waals surface area contributed by atoms with Crippen LogP contribution < -0.4 is 10.1 Å². The number of hydrogen-bond donors (Lipinski definition) is 1. The summed E-state index contributed by atoms with van der Waals surface area (Å²) < 4.78 is 10.8. The lowest BCUT2D eigenvalue weighted by Crippen LogP contribution is -2.19. The van der Waals surface area contributed by atoms with Gasteiger partial charge in [-0.1, -0.05) is 11.6 Å². The molecule has 102 valence electrons. The van der Waals surface area contributed by atoms with Gasteiger partial charge in [-0.25, -0.2) is 0 Å². The number of methoxy groups -OCH3 is 1. The van der Waals surface area contributed by atoms with E-state index in [-0.39, 0.29) is 6.04 Å². The van der Waals surface area contributed by atoms with E-state index in [1.54, 1.807) is 13.4 Å². The second-order valence-electron chi connectivity index (χ2n) is 4.43. The number of likely N-dealkylation sites (N-methyl/N-ethyl adjacent to an activating group) is 1. The molecule has 4 heteroatoms. The van der Waals surface area contributed by atoms with Crippen LogP contribution in [0.2, 0.25) is 5.02 Å². The number of nitrogens with one attached hydrogen (secondary N) is 1. The molecule has 1 aromatic heterocycles. The lowest BCUT2D eigenvalue weighted by molar-refractivity contribution is 0.406. The van der Waals surface area contributed by atoms with Crippen molar-refractivity contribution >= 4 is 11.6 Å². The van der Waals surface area contributed by atoms with Crippen molar-refractivity contribution in [1.82, 2.24) is 5.32 Å². The van der Waals surface area contributed by atoms with Crippen molar-refractivity contribution in [3.63, 3.8) is 0 Å². The molecule has 1 unspecified atom stereocenters. The van der Waals surface area contributed by atoms with E-state index in [2.05, 4.69) is 5.32 Å². The van der Waals surface area contributed by atoms with Gasteiger partial charge >= 0.3 is 0 Å². The van der Waals surface area contributed by atoms with E-state index >= 15 is 0 Å². The van der Waals surface area contributed by atoms with Gasteiger partial charge in [-0.2, -0.15) is 0 Å².